The Morgan fingerprint density at radius 1 is 1.34 bits per heavy atom. The zero-order valence-electron chi connectivity index (χ0n) is 22.2. The number of hydrogen-bond acceptors (Lipinski definition) is 9. The number of carbonyl (C=O) groups is 1. The van der Waals surface area contributed by atoms with Crippen LogP contribution in [0.1, 0.15) is 13.8 Å². The molecule has 1 fully saturated rings. The van der Waals surface area contributed by atoms with Crippen LogP contribution in [0.15, 0.2) is 42.5 Å². The molecule has 1 aromatic carbocycles. The number of nitrogens with one attached hydrogen (secondary N) is 5. The number of rotatable bonds is 8. The molecule has 0 aliphatic carbocycles. The van der Waals surface area contributed by atoms with Gasteiger partial charge in [-0.1, -0.05) is 12.1 Å². The van der Waals surface area contributed by atoms with Crippen LogP contribution in [-0.2, 0) is 9.53 Å². The Morgan fingerprint density at radius 3 is 2.84 bits per heavy atom. The Kier molecular flexibility index (Phi) is 8.23. The monoisotopic (exact) mass is 523 g/mol. The maximum absolute atomic E-state index is 14.9. The summed E-state index contributed by atoms with van der Waals surface area (Å²) in [6, 6.07) is 5.42. The summed E-state index contributed by atoms with van der Waals surface area (Å²) in [6.07, 6.45) is 4.24. The summed E-state index contributed by atoms with van der Waals surface area (Å²) in [7, 11) is 5.14. The molecule has 4 rings (SSSR count). The highest BCUT2D eigenvalue weighted by atomic mass is 19.1. The smallest absolute Gasteiger partial charge is 0.241 e. The van der Waals surface area contributed by atoms with Gasteiger partial charge in [0.05, 0.1) is 30.6 Å². The van der Waals surface area contributed by atoms with Gasteiger partial charge in [0.2, 0.25) is 17.8 Å². The molecule has 0 spiro atoms. The number of ether oxygens (including phenoxy) is 1. The van der Waals surface area contributed by atoms with Crippen molar-refractivity contribution in [3.8, 4) is 11.3 Å². The van der Waals surface area contributed by atoms with E-state index in [1.54, 1.807) is 13.2 Å². The number of aromatic amines is 1. The van der Waals surface area contributed by atoms with E-state index >= 15 is 0 Å². The van der Waals surface area contributed by atoms with Gasteiger partial charge in [-0.15, -0.1) is 0 Å². The molecule has 2 atom stereocenters. The van der Waals surface area contributed by atoms with Crippen LogP contribution < -0.4 is 16.0 Å². The average molecular weight is 524 g/mol. The number of benzene rings is 1. The SMILES string of the molecule is CN/C=C(/Nc1ncc(F)c(-c2c[nH]c3c(NC(=O)C(C)N4CCN(C)CC4C)cccc23)n1)C(=N)OC. The van der Waals surface area contributed by atoms with Crippen molar-refractivity contribution in [1.29, 1.82) is 5.41 Å². The molecule has 0 bridgehead atoms. The van der Waals surface area contributed by atoms with Crippen molar-refractivity contribution in [2.24, 2.45) is 0 Å². The van der Waals surface area contributed by atoms with Crippen LogP contribution in [-0.4, -0.2) is 89.5 Å². The number of para-hydroxylation sites is 1. The van der Waals surface area contributed by atoms with Gasteiger partial charge in [-0.25, -0.2) is 14.4 Å². The second-order valence-electron chi connectivity index (χ2n) is 9.34. The number of aromatic nitrogens is 3. The molecule has 11 nitrogen and oxygen atoms in total. The number of methoxy groups -OCH3 is 1. The molecule has 3 aromatic rings. The molecule has 1 aliphatic heterocycles. The number of hydrogen-bond donors (Lipinski definition) is 5. The number of carbonyl (C=O) groups excluding carboxylic acids is 1. The minimum absolute atomic E-state index is 0.0737. The van der Waals surface area contributed by atoms with Gasteiger partial charge in [-0.3, -0.25) is 15.1 Å². The summed E-state index contributed by atoms with van der Waals surface area (Å²) >= 11 is 0. The van der Waals surface area contributed by atoms with Gasteiger partial charge in [0, 0.05) is 56.1 Å². The summed E-state index contributed by atoms with van der Waals surface area (Å²) in [5, 5.41) is 17.4. The Morgan fingerprint density at radius 2 is 2.13 bits per heavy atom. The third-order valence-electron chi connectivity index (χ3n) is 6.72. The lowest BCUT2D eigenvalue weighted by molar-refractivity contribution is -0.122. The number of anilines is 2. The van der Waals surface area contributed by atoms with Crippen LogP contribution in [0.4, 0.5) is 16.0 Å². The topological polar surface area (TPSA) is 134 Å². The van der Waals surface area contributed by atoms with Crippen LogP contribution in [0.5, 0.6) is 0 Å². The molecular formula is C26H34FN9O2. The highest BCUT2D eigenvalue weighted by Gasteiger charge is 2.30. The van der Waals surface area contributed by atoms with E-state index < -0.39 is 5.82 Å². The number of fused-ring (bicyclic) bond motifs is 1. The van der Waals surface area contributed by atoms with Crippen LogP contribution in [0, 0.1) is 11.2 Å². The second-order valence-corrected chi connectivity index (χ2v) is 9.34. The normalized spacial score (nSPS) is 17.7. The number of H-pyrrole nitrogens is 1. The Balaban J connectivity index is 1.60. The third-order valence-corrected chi connectivity index (χ3v) is 6.72. The molecule has 5 N–H and O–H groups in total. The molecule has 0 radical (unpaired) electrons. The molecule has 2 unspecified atom stereocenters. The van der Waals surface area contributed by atoms with Gasteiger partial charge in [-0.2, -0.15) is 0 Å². The Bertz CT molecular complexity index is 1360. The van der Waals surface area contributed by atoms with Crippen molar-refractivity contribution in [3.05, 3.63) is 48.3 Å². The molecule has 1 aliphatic rings. The minimum atomic E-state index is -0.607. The van der Waals surface area contributed by atoms with Crippen molar-refractivity contribution in [1.82, 2.24) is 30.1 Å². The number of piperazine rings is 1. The molecule has 12 heteroatoms. The van der Waals surface area contributed by atoms with Crippen LogP contribution in [0.25, 0.3) is 22.2 Å². The lowest BCUT2D eigenvalue weighted by Crippen LogP contribution is -2.56. The van der Waals surface area contributed by atoms with E-state index in [-0.39, 0.29) is 41.2 Å². The molecule has 1 saturated heterocycles. The van der Waals surface area contributed by atoms with Crippen molar-refractivity contribution in [2.45, 2.75) is 25.9 Å². The Labute approximate surface area is 221 Å². The molecule has 0 saturated carbocycles. The van der Waals surface area contributed by atoms with Gasteiger partial charge in [0.15, 0.2) is 5.82 Å². The zero-order chi connectivity index (χ0) is 27.4. The summed E-state index contributed by atoms with van der Waals surface area (Å²) in [6.45, 7) is 6.70. The fourth-order valence-corrected chi connectivity index (χ4v) is 4.72. The average Bonchev–Trinajstić information content (AvgIpc) is 3.33. The van der Waals surface area contributed by atoms with E-state index in [9.17, 15) is 9.18 Å². The van der Waals surface area contributed by atoms with Crippen molar-refractivity contribution in [3.63, 3.8) is 0 Å². The number of amides is 1. The molecular weight excluding hydrogens is 489 g/mol. The second kappa shape index (κ2) is 11.6. The largest absolute Gasteiger partial charge is 0.480 e. The van der Waals surface area contributed by atoms with Crippen LogP contribution in [0.3, 0.4) is 0 Å². The maximum Gasteiger partial charge on any atom is 0.241 e. The lowest BCUT2D eigenvalue weighted by atomic mass is 10.1. The maximum atomic E-state index is 14.9. The number of likely N-dealkylation sites (N-methyl/N-ethyl adjacent to an activating group) is 1. The van der Waals surface area contributed by atoms with E-state index in [1.807, 2.05) is 25.1 Å². The molecule has 2 aromatic heterocycles. The van der Waals surface area contributed by atoms with Crippen LogP contribution >= 0.6 is 0 Å². The van der Waals surface area contributed by atoms with Gasteiger partial charge >= 0.3 is 0 Å². The molecule has 3 heterocycles. The number of nitrogens with zero attached hydrogens (tertiary/aromatic N) is 4. The first-order chi connectivity index (χ1) is 18.2. The highest BCUT2D eigenvalue weighted by molar-refractivity contribution is 6.06. The fraction of sp³-hybridized carbons (Fsp3) is 0.385. The first-order valence-corrected chi connectivity index (χ1v) is 12.4. The van der Waals surface area contributed by atoms with E-state index in [0.717, 1.165) is 25.8 Å². The first-order valence-electron chi connectivity index (χ1n) is 12.4. The van der Waals surface area contributed by atoms with Crippen molar-refractivity contribution < 1.29 is 13.9 Å². The molecule has 1 amide bonds. The quantitative estimate of drug-likeness (QED) is 0.225. The lowest BCUT2D eigenvalue weighted by Gasteiger charge is -2.41. The molecule has 38 heavy (non-hydrogen) atoms. The van der Waals surface area contributed by atoms with E-state index in [4.69, 9.17) is 10.1 Å². The van der Waals surface area contributed by atoms with Crippen LogP contribution in [0.2, 0.25) is 0 Å². The summed E-state index contributed by atoms with van der Waals surface area (Å²) in [5.74, 6) is -0.751. The first kappa shape index (κ1) is 27.0. The summed E-state index contributed by atoms with van der Waals surface area (Å²) in [5.41, 5.74) is 2.14. The fourth-order valence-electron chi connectivity index (χ4n) is 4.72. The van der Waals surface area contributed by atoms with Gasteiger partial charge in [0.25, 0.3) is 0 Å². The highest BCUT2D eigenvalue weighted by Crippen LogP contribution is 2.33. The third kappa shape index (κ3) is 5.60. The standard InChI is InChI=1S/C26H34FN9O2/c1-15-14-35(4)9-10-36(15)16(2)25(37)32-20-8-6-7-17-18(11-30-23(17)20)22-19(27)12-31-26(34-22)33-21(13-29-3)24(28)38-5/h6-8,11-13,15-16,28-30H,9-10,14H2,1-5H3,(H,32,37)(H,31,33,34)/b21-13+,28-24?. The predicted octanol–water partition coefficient (Wildman–Crippen LogP) is 2.82. The van der Waals surface area contributed by atoms with Crippen molar-refractivity contribution >= 4 is 34.3 Å². The minimum Gasteiger partial charge on any atom is -0.480 e. The van der Waals surface area contributed by atoms with Crippen molar-refractivity contribution in [2.75, 3.05) is 51.5 Å². The zero-order valence-corrected chi connectivity index (χ0v) is 22.2. The summed E-state index contributed by atoms with van der Waals surface area (Å²) < 4.78 is 19.9. The van der Waals surface area contributed by atoms with Gasteiger partial charge in [-0.05, 0) is 27.0 Å². The summed E-state index contributed by atoms with van der Waals surface area (Å²) in [4.78, 5) is 29.2. The number of halogens is 1. The molecule has 202 valence electrons. The van der Waals surface area contributed by atoms with E-state index in [2.05, 4.69) is 54.7 Å². The Hall–Kier alpha value is -4.03. The van der Waals surface area contributed by atoms with E-state index in [0.29, 0.717) is 22.2 Å². The van der Waals surface area contributed by atoms with E-state index in [1.165, 1.54) is 13.3 Å². The predicted molar refractivity (Wildman–Crippen MR) is 147 cm³/mol. The van der Waals surface area contributed by atoms with Gasteiger partial charge < -0.3 is 30.6 Å². The van der Waals surface area contributed by atoms with Gasteiger partial charge in [0.1, 0.15) is 11.4 Å².